The van der Waals surface area contributed by atoms with Crippen LogP contribution in [0.1, 0.15) is 29.3 Å². The molecule has 2 aromatic rings. The number of carboxylic acids is 1. The lowest BCUT2D eigenvalue weighted by molar-refractivity contribution is -0.144. The van der Waals surface area contributed by atoms with E-state index in [9.17, 15) is 14.7 Å². The van der Waals surface area contributed by atoms with Crippen LogP contribution in [0.2, 0.25) is 0 Å². The van der Waals surface area contributed by atoms with E-state index in [4.69, 9.17) is 5.84 Å². The number of rotatable bonds is 8. The molecule has 0 radical (unpaired) electrons. The van der Waals surface area contributed by atoms with Gasteiger partial charge in [0.25, 0.3) is 5.91 Å². The predicted octanol–water partition coefficient (Wildman–Crippen LogP) is 2.21. The van der Waals surface area contributed by atoms with Crippen molar-refractivity contribution in [1.82, 2.24) is 5.32 Å². The molecular formula is C19H22N4O3. The zero-order valence-electron chi connectivity index (χ0n) is 14.5. The molecule has 0 aliphatic carbocycles. The van der Waals surface area contributed by atoms with Crippen LogP contribution in [0.5, 0.6) is 0 Å². The number of hydrazone groups is 1. The fourth-order valence-electron chi connectivity index (χ4n) is 2.63. The van der Waals surface area contributed by atoms with E-state index in [-0.39, 0.29) is 12.8 Å². The largest absolute Gasteiger partial charge is 0.479 e. The molecule has 0 heterocycles. The van der Waals surface area contributed by atoms with Crippen LogP contribution >= 0.6 is 0 Å². The Kier molecular flexibility index (Phi) is 6.32. The third kappa shape index (κ3) is 4.60. The number of nitrogens with zero attached hydrogens (tertiary/aromatic N) is 1. The monoisotopic (exact) mass is 354 g/mol. The third-order valence-electron chi connectivity index (χ3n) is 4.14. The molecule has 7 heteroatoms. The molecule has 0 saturated carbocycles. The summed E-state index contributed by atoms with van der Waals surface area (Å²) < 4.78 is 0. The third-order valence-corrected chi connectivity index (χ3v) is 4.14. The van der Waals surface area contributed by atoms with Crippen LogP contribution in [0, 0.1) is 0 Å². The summed E-state index contributed by atoms with van der Waals surface area (Å²) in [4.78, 5) is 24.7. The Bertz CT molecular complexity index is 792. The summed E-state index contributed by atoms with van der Waals surface area (Å²) in [6.07, 6.45) is 1.74. The fraction of sp³-hybridized carbons (Fsp3) is 0.211. The van der Waals surface area contributed by atoms with E-state index in [0.29, 0.717) is 11.3 Å². The van der Waals surface area contributed by atoms with E-state index in [1.54, 1.807) is 31.2 Å². The van der Waals surface area contributed by atoms with Gasteiger partial charge in [0.15, 0.2) is 0 Å². The van der Waals surface area contributed by atoms with Crippen LogP contribution in [0.3, 0.4) is 0 Å². The highest BCUT2D eigenvalue weighted by atomic mass is 16.4. The van der Waals surface area contributed by atoms with Crippen LogP contribution in [0.4, 0.5) is 5.69 Å². The summed E-state index contributed by atoms with van der Waals surface area (Å²) in [5.41, 5.74) is 0.409. The molecular weight excluding hydrogens is 332 g/mol. The fourth-order valence-corrected chi connectivity index (χ4v) is 2.63. The maximum atomic E-state index is 12.7. The molecule has 1 unspecified atom stereocenters. The Morgan fingerprint density at radius 2 is 1.92 bits per heavy atom. The van der Waals surface area contributed by atoms with Crippen LogP contribution in [-0.2, 0) is 11.2 Å². The quantitative estimate of drug-likeness (QED) is 0.251. The lowest BCUT2D eigenvalue weighted by Gasteiger charge is -2.29. The van der Waals surface area contributed by atoms with Crippen molar-refractivity contribution >= 4 is 23.9 Å². The molecule has 0 aliphatic rings. The van der Waals surface area contributed by atoms with Crippen molar-refractivity contribution in [1.29, 1.82) is 0 Å². The zero-order chi connectivity index (χ0) is 19.0. The van der Waals surface area contributed by atoms with Crippen LogP contribution < -0.4 is 16.5 Å². The minimum Gasteiger partial charge on any atom is -0.479 e. The zero-order valence-corrected chi connectivity index (χ0v) is 14.5. The van der Waals surface area contributed by atoms with Crippen molar-refractivity contribution in [2.24, 2.45) is 10.9 Å². The number of carbonyl (C=O) groups excluding carboxylic acids is 1. The van der Waals surface area contributed by atoms with E-state index in [1.165, 1.54) is 6.34 Å². The second-order valence-corrected chi connectivity index (χ2v) is 5.86. The maximum Gasteiger partial charge on any atom is 0.329 e. The van der Waals surface area contributed by atoms with Gasteiger partial charge in [-0.15, -0.1) is 0 Å². The van der Waals surface area contributed by atoms with Crippen LogP contribution in [0.15, 0.2) is 59.7 Å². The molecule has 136 valence electrons. The summed E-state index contributed by atoms with van der Waals surface area (Å²) in [7, 11) is 0. The smallest absolute Gasteiger partial charge is 0.329 e. The van der Waals surface area contributed by atoms with Gasteiger partial charge in [-0.2, -0.15) is 5.10 Å². The number of hydrogen-bond donors (Lipinski definition) is 4. The van der Waals surface area contributed by atoms with Gasteiger partial charge in [0.1, 0.15) is 11.9 Å². The van der Waals surface area contributed by atoms with Crippen molar-refractivity contribution in [3.8, 4) is 0 Å². The number of amides is 1. The first kappa shape index (κ1) is 19.0. The first-order valence-corrected chi connectivity index (χ1v) is 8.19. The standard InChI is InChI=1S/C19H22N4O3/c1-2-19(18(25)26,12-14-7-4-3-5-8-14)23-17(24)15-9-6-10-16(11-15)21-13-22-20/h3-11,13H,2,12,20H2,1H3,(H,21,22)(H,23,24)(H,25,26). The van der Waals surface area contributed by atoms with Gasteiger partial charge < -0.3 is 21.6 Å². The van der Waals surface area contributed by atoms with E-state index in [1.807, 2.05) is 30.3 Å². The predicted molar refractivity (Wildman–Crippen MR) is 101 cm³/mol. The highest BCUT2D eigenvalue weighted by Crippen LogP contribution is 2.20. The number of benzene rings is 2. The number of hydrogen-bond acceptors (Lipinski definition) is 4. The average molecular weight is 354 g/mol. The topological polar surface area (TPSA) is 117 Å². The normalized spacial score (nSPS) is 13.1. The summed E-state index contributed by atoms with van der Waals surface area (Å²) in [6, 6.07) is 15.9. The van der Waals surface area contributed by atoms with Crippen molar-refractivity contribution in [2.75, 3.05) is 5.32 Å². The molecule has 0 aromatic heterocycles. The number of carboxylic acid groups (broad SMARTS) is 1. The molecule has 0 aliphatic heterocycles. The Morgan fingerprint density at radius 1 is 1.19 bits per heavy atom. The van der Waals surface area contributed by atoms with Gasteiger partial charge in [0.05, 0.1) is 0 Å². The maximum absolute atomic E-state index is 12.7. The van der Waals surface area contributed by atoms with E-state index < -0.39 is 17.4 Å². The van der Waals surface area contributed by atoms with E-state index in [2.05, 4.69) is 15.7 Å². The Hall–Kier alpha value is -3.35. The highest BCUT2D eigenvalue weighted by molar-refractivity contribution is 5.99. The van der Waals surface area contributed by atoms with Crippen LogP contribution in [-0.4, -0.2) is 28.9 Å². The van der Waals surface area contributed by atoms with Gasteiger partial charge >= 0.3 is 5.97 Å². The minimum atomic E-state index is -1.39. The summed E-state index contributed by atoms with van der Waals surface area (Å²) in [6.45, 7) is 1.74. The Labute approximate surface area is 151 Å². The second kappa shape index (κ2) is 8.66. The van der Waals surface area contributed by atoms with E-state index in [0.717, 1.165) is 5.56 Å². The first-order valence-electron chi connectivity index (χ1n) is 8.19. The summed E-state index contributed by atoms with van der Waals surface area (Å²) in [5.74, 6) is 3.52. The van der Waals surface area contributed by atoms with Gasteiger partial charge in [-0.3, -0.25) is 4.79 Å². The van der Waals surface area contributed by atoms with Crippen molar-refractivity contribution < 1.29 is 14.7 Å². The lowest BCUT2D eigenvalue weighted by Crippen LogP contribution is -2.55. The molecule has 5 N–H and O–H groups in total. The van der Waals surface area contributed by atoms with Gasteiger partial charge in [0.2, 0.25) is 0 Å². The summed E-state index contributed by atoms with van der Waals surface area (Å²) >= 11 is 0. The highest BCUT2D eigenvalue weighted by Gasteiger charge is 2.38. The molecule has 0 spiro atoms. The molecule has 0 saturated heterocycles. The molecule has 7 nitrogen and oxygen atoms in total. The van der Waals surface area contributed by atoms with E-state index >= 15 is 0 Å². The molecule has 2 rings (SSSR count). The Morgan fingerprint density at radius 3 is 2.54 bits per heavy atom. The summed E-state index contributed by atoms with van der Waals surface area (Å²) in [5, 5.41) is 18.6. The molecule has 1 atom stereocenters. The number of aliphatic carboxylic acids is 1. The van der Waals surface area contributed by atoms with Gasteiger partial charge in [-0.25, -0.2) is 4.79 Å². The Balaban J connectivity index is 2.25. The van der Waals surface area contributed by atoms with Crippen molar-refractivity contribution in [2.45, 2.75) is 25.3 Å². The molecule has 0 bridgehead atoms. The average Bonchev–Trinajstić information content (AvgIpc) is 2.66. The molecule has 1 amide bonds. The minimum absolute atomic E-state index is 0.198. The lowest BCUT2D eigenvalue weighted by atomic mass is 9.87. The first-order chi connectivity index (χ1) is 12.5. The van der Waals surface area contributed by atoms with Gasteiger partial charge in [0, 0.05) is 17.7 Å². The SMILES string of the molecule is CCC(Cc1ccccc1)(NC(=O)c1cccc(NC=NN)c1)C(=O)O. The van der Waals surface area contributed by atoms with Crippen molar-refractivity contribution in [3.63, 3.8) is 0 Å². The van der Waals surface area contributed by atoms with Crippen LogP contribution in [0.25, 0.3) is 0 Å². The number of nitrogens with one attached hydrogen (secondary N) is 2. The number of anilines is 1. The number of nitrogens with two attached hydrogens (primary N) is 1. The second-order valence-electron chi connectivity index (χ2n) is 5.86. The van der Waals surface area contributed by atoms with Gasteiger partial charge in [-0.05, 0) is 30.2 Å². The molecule has 0 fully saturated rings. The number of carbonyl (C=O) groups is 2. The molecule has 26 heavy (non-hydrogen) atoms. The van der Waals surface area contributed by atoms with Gasteiger partial charge in [-0.1, -0.05) is 43.3 Å². The van der Waals surface area contributed by atoms with Crippen molar-refractivity contribution in [3.05, 3.63) is 65.7 Å². The molecule has 2 aromatic carbocycles.